The van der Waals surface area contributed by atoms with Crippen LogP contribution in [-0.2, 0) is 20.5 Å². The minimum atomic E-state index is -4.65. The number of hydrazone groups is 1. The average Bonchev–Trinajstić information content (AvgIpc) is 3.34. The van der Waals surface area contributed by atoms with E-state index in [4.69, 9.17) is 4.74 Å². The van der Waals surface area contributed by atoms with Crippen LogP contribution in [0.5, 0.6) is 0 Å². The van der Waals surface area contributed by atoms with E-state index in [1.807, 2.05) is 0 Å². The third kappa shape index (κ3) is 4.25. The number of amides is 1. The summed E-state index contributed by atoms with van der Waals surface area (Å²) in [6, 6.07) is 0.767. The van der Waals surface area contributed by atoms with E-state index in [1.165, 1.54) is 0 Å². The topological polar surface area (TPSA) is 93.5 Å². The average molecular weight is 384 g/mol. The number of rotatable bonds is 4. The van der Waals surface area contributed by atoms with Gasteiger partial charge in [0.25, 0.3) is 5.91 Å². The summed E-state index contributed by atoms with van der Waals surface area (Å²) in [7, 11) is 0. The van der Waals surface area contributed by atoms with Gasteiger partial charge in [-0.3, -0.25) is 9.59 Å². The summed E-state index contributed by atoms with van der Waals surface area (Å²) in [5.41, 5.74) is 0.286. The first-order chi connectivity index (χ1) is 12.5. The summed E-state index contributed by atoms with van der Waals surface area (Å²) in [6.45, 7) is 4.63. The second-order valence-electron chi connectivity index (χ2n) is 7.64. The summed E-state index contributed by atoms with van der Waals surface area (Å²) >= 11 is 0. The molecule has 0 saturated heterocycles. The Hall–Kier alpha value is -2.52. The van der Waals surface area contributed by atoms with Crippen molar-refractivity contribution in [1.29, 1.82) is 0 Å². The quantitative estimate of drug-likeness (QED) is 0.805. The van der Waals surface area contributed by atoms with Crippen molar-refractivity contribution < 1.29 is 27.5 Å². The predicted molar refractivity (Wildman–Crippen MR) is 87.6 cm³/mol. The van der Waals surface area contributed by atoms with Crippen LogP contribution in [0.2, 0.25) is 0 Å². The molecule has 0 aromatic carbocycles. The first-order valence-electron chi connectivity index (χ1n) is 8.48. The molecule has 1 fully saturated rings. The van der Waals surface area contributed by atoms with E-state index in [0.717, 1.165) is 18.9 Å². The van der Waals surface area contributed by atoms with Crippen molar-refractivity contribution in [2.24, 2.45) is 16.4 Å². The van der Waals surface area contributed by atoms with Crippen LogP contribution < -0.4 is 5.43 Å². The van der Waals surface area contributed by atoms with Gasteiger partial charge in [-0.15, -0.1) is 0 Å². The molecule has 1 unspecified atom stereocenters. The standard InChI is InChI=1S/C17H19F3N4O3/c1-16(2,3)15(26)27-7-9-12(23-24-14(9)25)10-6-11(17(18,19)20)22-13(21-10)8-4-5-8/h6,8-9H,4-5,7H2,1-3H3,(H,24,25). The molecule has 1 atom stereocenters. The maximum Gasteiger partial charge on any atom is 0.433 e. The number of hydrogen-bond acceptors (Lipinski definition) is 6. The minimum absolute atomic E-state index is 0.0107. The van der Waals surface area contributed by atoms with Crippen LogP contribution in [0.3, 0.4) is 0 Å². The summed E-state index contributed by atoms with van der Waals surface area (Å²) < 4.78 is 44.7. The zero-order valence-electron chi connectivity index (χ0n) is 15.1. The number of aromatic nitrogens is 2. The van der Waals surface area contributed by atoms with E-state index in [1.54, 1.807) is 20.8 Å². The lowest BCUT2D eigenvalue weighted by Crippen LogP contribution is -2.32. The molecule has 1 aliphatic carbocycles. The van der Waals surface area contributed by atoms with Crippen LogP contribution in [0.25, 0.3) is 0 Å². The highest BCUT2D eigenvalue weighted by molar-refractivity contribution is 6.15. The van der Waals surface area contributed by atoms with Crippen LogP contribution in [0, 0.1) is 11.3 Å². The van der Waals surface area contributed by atoms with Gasteiger partial charge in [0.2, 0.25) is 0 Å². The van der Waals surface area contributed by atoms with E-state index < -0.39 is 35.1 Å². The molecule has 1 amide bonds. The third-order valence-corrected chi connectivity index (χ3v) is 4.17. The van der Waals surface area contributed by atoms with E-state index in [2.05, 4.69) is 20.5 Å². The van der Waals surface area contributed by atoms with Gasteiger partial charge in [-0.1, -0.05) is 0 Å². The summed E-state index contributed by atoms with van der Waals surface area (Å²) in [6.07, 6.45) is -3.21. The van der Waals surface area contributed by atoms with Crippen molar-refractivity contribution in [3.05, 3.63) is 23.3 Å². The molecule has 0 radical (unpaired) electrons. The van der Waals surface area contributed by atoms with Crippen LogP contribution in [0.15, 0.2) is 11.2 Å². The van der Waals surface area contributed by atoms with Crippen LogP contribution >= 0.6 is 0 Å². The number of hydrogen-bond donors (Lipinski definition) is 1. The largest absolute Gasteiger partial charge is 0.464 e. The number of nitrogens with one attached hydrogen (secondary N) is 1. The Morgan fingerprint density at radius 3 is 2.48 bits per heavy atom. The molecule has 146 valence electrons. The molecule has 3 rings (SSSR count). The Morgan fingerprint density at radius 1 is 1.26 bits per heavy atom. The lowest BCUT2D eigenvalue weighted by molar-refractivity contribution is -0.154. The second kappa shape index (κ2) is 6.58. The number of halogens is 3. The fraction of sp³-hybridized carbons (Fsp3) is 0.588. The Kier molecular flexibility index (Phi) is 4.69. The van der Waals surface area contributed by atoms with Gasteiger partial charge in [0.15, 0.2) is 0 Å². The van der Waals surface area contributed by atoms with Crippen molar-refractivity contribution >= 4 is 17.6 Å². The number of nitrogens with zero attached hydrogens (tertiary/aromatic N) is 3. The molecular formula is C17H19F3N4O3. The van der Waals surface area contributed by atoms with Crippen LogP contribution in [-0.4, -0.2) is 34.2 Å². The first kappa shape index (κ1) is 19.2. The van der Waals surface area contributed by atoms with Crippen molar-refractivity contribution in [3.8, 4) is 0 Å². The van der Waals surface area contributed by atoms with Crippen molar-refractivity contribution in [2.75, 3.05) is 6.61 Å². The lowest BCUT2D eigenvalue weighted by Gasteiger charge is -2.18. The first-order valence-corrected chi connectivity index (χ1v) is 8.48. The molecule has 1 aliphatic heterocycles. The zero-order valence-corrected chi connectivity index (χ0v) is 15.1. The smallest absolute Gasteiger partial charge is 0.433 e. The van der Waals surface area contributed by atoms with Gasteiger partial charge in [-0.05, 0) is 39.7 Å². The van der Waals surface area contributed by atoms with Gasteiger partial charge < -0.3 is 4.74 Å². The molecule has 27 heavy (non-hydrogen) atoms. The predicted octanol–water partition coefficient (Wildman–Crippen LogP) is 2.41. The van der Waals surface area contributed by atoms with Crippen molar-refractivity contribution in [1.82, 2.24) is 15.4 Å². The zero-order chi connectivity index (χ0) is 20.0. The molecule has 0 spiro atoms. The van der Waals surface area contributed by atoms with Gasteiger partial charge in [0.05, 0.1) is 11.1 Å². The molecule has 0 bridgehead atoms. The van der Waals surface area contributed by atoms with Gasteiger partial charge in [0, 0.05) is 5.92 Å². The summed E-state index contributed by atoms with van der Waals surface area (Å²) in [5.74, 6) is -2.15. The maximum atomic E-state index is 13.2. The third-order valence-electron chi connectivity index (χ3n) is 4.17. The Morgan fingerprint density at radius 2 is 1.93 bits per heavy atom. The maximum absolute atomic E-state index is 13.2. The van der Waals surface area contributed by atoms with E-state index in [-0.39, 0.29) is 29.8 Å². The number of ether oxygens (including phenoxy) is 1. The van der Waals surface area contributed by atoms with Gasteiger partial charge in [-0.25, -0.2) is 15.4 Å². The van der Waals surface area contributed by atoms with E-state index in [9.17, 15) is 22.8 Å². The fourth-order valence-corrected chi connectivity index (χ4v) is 2.43. The number of carbonyl (C=O) groups is 2. The number of carbonyl (C=O) groups excluding carboxylic acids is 2. The molecule has 1 N–H and O–H groups in total. The Bertz CT molecular complexity index is 811. The van der Waals surface area contributed by atoms with E-state index >= 15 is 0 Å². The van der Waals surface area contributed by atoms with Gasteiger partial charge in [0.1, 0.15) is 29.8 Å². The lowest BCUT2D eigenvalue weighted by atomic mass is 9.97. The van der Waals surface area contributed by atoms with Gasteiger partial charge in [-0.2, -0.15) is 18.3 Å². The number of esters is 1. The summed E-state index contributed by atoms with van der Waals surface area (Å²) in [4.78, 5) is 31.8. The highest BCUT2D eigenvalue weighted by Crippen LogP contribution is 2.39. The minimum Gasteiger partial charge on any atom is -0.464 e. The fourth-order valence-electron chi connectivity index (χ4n) is 2.43. The molecular weight excluding hydrogens is 365 g/mol. The Balaban J connectivity index is 1.88. The second-order valence-corrected chi connectivity index (χ2v) is 7.64. The van der Waals surface area contributed by atoms with Gasteiger partial charge >= 0.3 is 12.1 Å². The van der Waals surface area contributed by atoms with E-state index in [0.29, 0.717) is 0 Å². The molecule has 1 aromatic heterocycles. The highest BCUT2D eigenvalue weighted by atomic mass is 19.4. The summed E-state index contributed by atoms with van der Waals surface area (Å²) in [5, 5.41) is 3.82. The molecule has 1 aromatic rings. The van der Waals surface area contributed by atoms with Crippen molar-refractivity contribution in [2.45, 2.75) is 45.7 Å². The highest BCUT2D eigenvalue weighted by Gasteiger charge is 2.39. The molecule has 2 heterocycles. The molecule has 7 nitrogen and oxygen atoms in total. The van der Waals surface area contributed by atoms with Crippen LogP contribution in [0.1, 0.15) is 56.7 Å². The molecule has 1 saturated carbocycles. The normalized spacial score (nSPS) is 20.3. The molecule has 2 aliphatic rings. The van der Waals surface area contributed by atoms with Crippen LogP contribution in [0.4, 0.5) is 13.2 Å². The SMILES string of the molecule is CC(C)(C)C(=O)OCC1C(=O)NN=C1c1cc(C(F)(F)F)nc(C2CC2)n1. The monoisotopic (exact) mass is 384 g/mol. The Labute approximate surface area is 153 Å². The molecule has 10 heteroatoms. The number of alkyl halides is 3. The van der Waals surface area contributed by atoms with Crippen molar-refractivity contribution in [3.63, 3.8) is 0 Å².